The number of urea groups is 1. The Balaban J connectivity index is 1.34. The number of halogens is 4. The van der Waals surface area contributed by atoms with Crippen LogP contribution in [0.1, 0.15) is 5.56 Å². The number of carbonyl (C=O) groups is 1. The normalized spacial score (nSPS) is 11.1. The molecule has 0 unspecified atom stereocenters. The number of aromatic nitrogens is 3. The smallest absolute Gasteiger partial charge is 0.416 e. The maximum Gasteiger partial charge on any atom is 0.416 e. The first-order valence-corrected chi connectivity index (χ1v) is 9.94. The van der Waals surface area contributed by atoms with Crippen LogP contribution in [-0.2, 0) is 6.18 Å². The largest absolute Gasteiger partial charge is 0.424 e. The average molecular weight is 484 g/mol. The van der Waals surface area contributed by atoms with Crippen LogP contribution in [0.25, 0.3) is 11.1 Å². The molecule has 4 aromatic rings. The molecule has 0 fully saturated rings. The minimum Gasteiger partial charge on any atom is -0.424 e. The molecule has 2 heterocycles. The monoisotopic (exact) mass is 484 g/mol. The molecule has 0 saturated heterocycles. The highest BCUT2D eigenvalue weighted by atomic mass is 19.4. The molecule has 0 aliphatic heterocycles. The number of nitrogens with one attached hydrogen (secondary N) is 2. The lowest BCUT2D eigenvalue weighted by molar-refractivity contribution is -0.137. The van der Waals surface area contributed by atoms with E-state index in [4.69, 9.17) is 10.5 Å². The molecule has 4 N–H and O–H groups in total. The van der Waals surface area contributed by atoms with E-state index in [2.05, 4.69) is 25.6 Å². The molecule has 0 spiro atoms. The fourth-order valence-corrected chi connectivity index (χ4v) is 2.96. The Bertz CT molecular complexity index is 1330. The first-order chi connectivity index (χ1) is 16.7. The average Bonchev–Trinajstić information content (AvgIpc) is 2.82. The summed E-state index contributed by atoms with van der Waals surface area (Å²) < 4.78 is 56.8. The van der Waals surface area contributed by atoms with Gasteiger partial charge in [-0.3, -0.25) is 0 Å². The van der Waals surface area contributed by atoms with E-state index in [1.165, 1.54) is 18.5 Å². The Labute approximate surface area is 195 Å². The van der Waals surface area contributed by atoms with Crippen LogP contribution in [-0.4, -0.2) is 21.0 Å². The Kier molecular flexibility index (Phi) is 6.44. The molecule has 35 heavy (non-hydrogen) atoms. The summed E-state index contributed by atoms with van der Waals surface area (Å²) in [6.07, 6.45) is -0.842. The molecule has 2 aromatic heterocycles. The van der Waals surface area contributed by atoms with Crippen molar-refractivity contribution < 1.29 is 27.1 Å². The van der Waals surface area contributed by atoms with E-state index >= 15 is 0 Å². The maximum absolute atomic E-state index is 13.4. The fraction of sp³-hybridized carbons (Fsp3) is 0.0435. The number of anilines is 3. The Morgan fingerprint density at radius 1 is 0.857 bits per heavy atom. The maximum atomic E-state index is 13.4. The second-order valence-electron chi connectivity index (χ2n) is 7.12. The Morgan fingerprint density at radius 2 is 1.49 bits per heavy atom. The molecule has 8 nitrogen and oxygen atoms in total. The van der Waals surface area contributed by atoms with Gasteiger partial charge in [0.25, 0.3) is 0 Å². The van der Waals surface area contributed by atoms with E-state index < -0.39 is 23.6 Å². The van der Waals surface area contributed by atoms with E-state index in [1.807, 2.05) is 0 Å². The molecule has 0 aliphatic carbocycles. The second-order valence-corrected chi connectivity index (χ2v) is 7.12. The van der Waals surface area contributed by atoms with Crippen LogP contribution in [0.4, 0.5) is 39.5 Å². The minimum atomic E-state index is -4.46. The summed E-state index contributed by atoms with van der Waals surface area (Å²) in [5.41, 5.74) is 6.46. The summed E-state index contributed by atoms with van der Waals surface area (Å²) in [5, 5.41) is 4.87. The van der Waals surface area contributed by atoms with Gasteiger partial charge < -0.3 is 21.1 Å². The number of nitrogen functional groups attached to an aromatic ring is 1. The number of carbonyl (C=O) groups excluding carboxylic acids is 1. The van der Waals surface area contributed by atoms with Crippen molar-refractivity contribution >= 4 is 23.2 Å². The molecular weight excluding hydrogens is 468 g/mol. The van der Waals surface area contributed by atoms with Crippen molar-refractivity contribution in [3.05, 3.63) is 84.6 Å². The summed E-state index contributed by atoms with van der Waals surface area (Å²) in [4.78, 5) is 23.8. The van der Waals surface area contributed by atoms with Crippen LogP contribution >= 0.6 is 0 Å². The predicted molar refractivity (Wildman–Crippen MR) is 120 cm³/mol. The second kappa shape index (κ2) is 9.63. The van der Waals surface area contributed by atoms with Gasteiger partial charge in [0, 0.05) is 11.3 Å². The van der Waals surface area contributed by atoms with Crippen LogP contribution in [0.5, 0.6) is 11.8 Å². The standard InChI is InChI=1S/C23H16F4N6O2/c24-15-9-19(20(28)29-10-15)13-1-7-18(8-2-13)35-22-30-11-17(12-31-22)33-21(34)32-16-5-3-14(4-6-16)23(25,26)27/h1-12H,(H2,28,29)(H2,32,33,34). The highest BCUT2D eigenvalue weighted by Crippen LogP contribution is 2.30. The number of ether oxygens (including phenoxy) is 1. The van der Waals surface area contributed by atoms with Crippen LogP contribution in [0.2, 0.25) is 0 Å². The highest BCUT2D eigenvalue weighted by Gasteiger charge is 2.30. The third kappa shape index (κ3) is 5.99. The van der Waals surface area contributed by atoms with Crippen LogP contribution in [0.15, 0.2) is 73.2 Å². The number of hydrogen-bond acceptors (Lipinski definition) is 6. The van der Waals surface area contributed by atoms with E-state index in [0.29, 0.717) is 16.9 Å². The van der Waals surface area contributed by atoms with Gasteiger partial charge in [-0.2, -0.15) is 13.2 Å². The van der Waals surface area contributed by atoms with Crippen LogP contribution in [0, 0.1) is 5.82 Å². The first-order valence-electron chi connectivity index (χ1n) is 9.94. The summed E-state index contributed by atoms with van der Waals surface area (Å²) in [6, 6.07) is 11.2. The molecule has 2 aromatic carbocycles. The quantitative estimate of drug-likeness (QED) is 0.312. The highest BCUT2D eigenvalue weighted by molar-refractivity contribution is 5.99. The van der Waals surface area contributed by atoms with Gasteiger partial charge in [-0.15, -0.1) is 0 Å². The van der Waals surface area contributed by atoms with Gasteiger partial charge in [-0.05, 0) is 48.0 Å². The molecule has 12 heteroatoms. The Morgan fingerprint density at radius 3 is 2.11 bits per heavy atom. The molecule has 2 amide bonds. The van der Waals surface area contributed by atoms with Gasteiger partial charge >= 0.3 is 18.2 Å². The van der Waals surface area contributed by atoms with E-state index in [1.54, 1.807) is 24.3 Å². The van der Waals surface area contributed by atoms with Crippen molar-refractivity contribution in [1.29, 1.82) is 0 Å². The molecule has 0 radical (unpaired) electrons. The van der Waals surface area contributed by atoms with Crippen LogP contribution < -0.4 is 21.1 Å². The summed E-state index contributed by atoms with van der Waals surface area (Å²) in [5.74, 6) is 0.0796. The van der Waals surface area contributed by atoms with Gasteiger partial charge in [0.2, 0.25) is 0 Å². The summed E-state index contributed by atoms with van der Waals surface area (Å²) >= 11 is 0. The van der Waals surface area contributed by atoms with Gasteiger partial charge in [0.05, 0.1) is 29.8 Å². The third-order valence-electron chi connectivity index (χ3n) is 4.62. The number of nitrogens with zero attached hydrogens (tertiary/aromatic N) is 3. The molecule has 0 aliphatic rings. The van der Waals surface area contributed by atoms with Gasteiger partial charge in [-0.1, -0.05) is 12.1 Å². The first kappa shape index (κ1) is 23.4. The number of hydrogen-bond donors (Lipinski definition) is 3. The summed E-state index contributed by atoms with van der Waals surface area (Å²) in [7, 11) is 0. The van der Waals surface area contributed by atoms with E-state index in [9.17, 15) is 22.4 Å². The van der Waals surface area contributed by atoms with Gasteiger partial charge in [0.15, 0.2) is 0 Å². The topological polar surface area (TPSA) is 115 Å². The van der Waals surface area contributed by atoms with Crippen molar-refractivity contribution in [2.45, 2.75) is 6.18 Å². The minimum absolute atomic E-state index is 0.00150. The van der Waals surface area contributed by atoms with Crippen molar-refractivity contribution in [2.75, 3.05) is 16.4 Å². The van der Waals surface area contributed by atoms with Crippen molar-refractivity contribution in [2.24, 2.45) is 0 Å². The van der Waals surface area contributed by atoms with Gasteiger partial charge in [-0.25, -0.2) is 24.1 Å². The van der Waals surface area contributed by atoms with E-state index in [-0.39, 0.29) is 23.2 Å². The number of rotatable bonds is 5. The molecule has 0 bridgehead atoms. The number of nitrogens with two attached hydrogens (primary N) is 1. The number of amides is 2. The lowest BCUT2D eigenvalue weighted by atomic mass is 10.1. The summed E-state index contributed by atoms with van der Waals surface area (Å²) in [6.45, 7) is 0. The number of alkyl halides is 3. The van der Waals surface area contributed by atoms with Crippen molar-refractivity contribution in [1.82, 2.24) is 15.0 Å². The lowest BCUT2D eigenvalue weighted by Crippen LogP contribution is -2.19. The zero-order valence-corrected chi connectivity index (χ0v) is 17.7. The third-order valence-corrected chi connectivity index (χ3v) is 4.62. The number of pyridine rings is 1. The number of benzene rings is 2. The molecule has 0 saturated carbocycles. The van der Waals surface area contributed by atoms with Crippen molar-refractivity contribution in [3.63, 3.8) is 0 Å². The zero-order chi connectivity index (χ0) is 25.0. The van der Waals surface area contributed by atoms with Crippen LogP contribution in [0.3, 0.4) is 0 Å². The SMILES string of the molecule is Nc1ncc(F)cc1-c1ccc(Oc2ncc(NC(=O)Nc3ccc(C(F)(F)F)cc3)cn2)cc1. The molecule has 4 rings (SSSR count). The molecular formula is C23H16F4N6O2. The molecule has 178 valence electrons. The van der Waals surface area contributed by atoms with Gasteiger partial charge in [0.1, 0.15) is 17.4 Å². The Hall–Kier alpha value is -4.74. The predicted octanol–water partition coefficient (Wildman–Crippen LogP) is 5.72. The zero-order valence-electron chi connectivity index (χ0n) is 17.7. The lowest BCUT2D eigenvalue weighted by Gasteiger charge is -2.10. The van der Waals surface area contributed by atoms with Crippen molar-refractivity contribution in [3.8, 4) is 22.9 Å². The molecule has 0 atom stereocenters. The fourth-order valence-electron chi connectivity index (χ4n) is 2.96. The van der Waals surface area contributed by atoms with E-state index in [0.717, 1.165) is 30.5 Å².